The molecule has 0 atom stereocenters. The van der Waals surface area contributed by atoms with Crippen molar-refractivity contribution < 1.29 is 4.79 Å². The first-order valence-corrected chi connectivity index (χ1v) is 7.72. The number of likely N-dealkylation sites (tertiary alicyclic amines) is 1. The third-order valence-corrected chi connectivity index (χ3v) is 3.91. The van der Waals surface area contributed by atoms with Gasteiger partial charge in [0.1, 0.15) is 0 Å². The maximum Gasteiger partial charge on any atom is 0.256 e. The highest BCUT2D eigenvalue weighted by Crippen LogP contribution is 2.19. The van der Waals surface area contributed by atoms with Gasteiger partial charge in [0.2, 0.25) is 0 Å². The summed E-state index contributed by atoms with van der Waals surface area (Å²) in [7, 11) is 4.06. The van der Waals surface area contributed by atoms with Crippen LogP contribution in [-0.2, 0) is 6.54 Å². The van der Waals surface area contributed by atoms with Gasteiger partial charge in [-0.2, -0.15) is 5.10 Å². The van der Waals surface area contributed by atoms with Gasteiger partial charge >= 0.3 is 0 Å². The fourth-order valence-corrected chi connectivity index (χ4v) is 2.88. The van der Waals surface area contributed by atoms with E-state index >= 15 is 0 Å². The van der Waals surface area contributed by atoms with Crippen molar-refractivity contribution in [1.82, 2.24) is 19.6 Å². The molecule has 1 saturated heterocycles. The molecule has 0 aliphatic carbocycles. The number of hydrogen-bond acceptors (Lipinski definition) is 3. The second-order valence-corrected chi connectivity index (χ2v) is 6.05. The number of nitrogens with zero attached hydrogens (tertiary/aromatic N) is 4. The molecule has 2 aromatic rings. The van der Waals surface area contributed by atoms with E-state index in [0.29, 0.717) is 0 Å². The molecule has 0 bridgehead atoms. The van der Waals surface area contributed by atoms with Crippen LogP contribution in [-0.4, -0.2) is 52.7 Å². The minimum absolute atomic E-state index is 0.109. The van der Waals surface area contributed by atoms with Crippen molar-refractivity contribution in [2.45, 2.75) is 19.4 Å². The summed E-state index contributed by atoms with van der Waals surface area (Å²) in [5.41, 5.74) is 2.71. The Morgan fingerprint density at radius 1 is 1.23 bits per heavy atom. The molecule has 0 unspecified atom stereocenters. The molecule has 116 valence electrons. The Hall–Kier alpha value is -2.14. The molecule has 0 saturated carbocycles. The van der Waals surface area contributed by atoms with Gasteiger partial charge in [0.05, 0.1) is 17.4 Å². The Morgan fingerprint density at radius 2 is 1.95 bits per heavy atom. The van der Waals surface area contributed by atoms with E-state index in [2.05, 4.69) is 10.00 Å². The van der Waals surface area contributed by atoms with Gasteiger partial charge in [0.15, 0.2) is 0 Å². The quantitative estimate of drug-likeness (QED) is 0.868. The molecule has 1 aliphatic heterocycles. The highest BCUT2D eigenvalue weighted by Gasteiger charge is 2.22. The number of carbonyl (C=O) groups is 1. The highest BCUT2D eigenvalue weighted by atomic mass is 16.2. The molecule has 5 heteroatoms. The van der Waals surface area contributed by atoms with E-state index in [1.165, 1.54) is 0 Å². The highest BCUT2D eigenvalue weighted by molar-refractivity contribution is 5.97. The van der Waals surface area contributed by atoms with Gasteiger partial charge in [-0.25, -0.2) is 4.68 Å². The van der Waals surface area contributed by atoms with Crippen LogP contribution < -0.4 is 0 Å². The number of rotatable bonds is 4. The number of para-hydroxylation sites is 1. The van der Waals surface area contributed by atoms with Gasteiger partial charge in [-0.3, -0.25) is 4.79 Å². The third kappa shape index (κ3) is 3.04. The van der Waals surface area contributed by atoms with Crippen LogP contribution in [0, 0.1) is 0 Å². The topological polar surface area (TPSA) is 41.4 Å². The first-order valence-electron chi connectivity index (χ1n) is 7.72. The molecule has 1 aliphatic rings. The van der Waals surface area contributed by atoms with Crippen molar-refractivity contribution in [1.29, 1.82) is 0 Å². The number of aromatic nitrogens is 2. The second kappa shape index (κ2) is 6.32. The van der Waals surface area contributed by atoms with E-state index in [1.807, 2.05) is 60.3 Å². The van der Waals surface area contributed by atoms with Crippen LogP contribution in [0.4, 0.5) is 0 Å². The van der Waals surface area contributed by atoms with E-state index < -0.39 is 0 Å². The molecule has 0 radical (unpaired) electrons. The van der Waals surface area contributed by atoms with Crippen LogP contribution >= 0.6 is 0 Å². The van der Waals surface area contributed by atoms with E-state index in [9.17, 15) is 4.79 Å². The van der Waals surface area contributed by atoms with Crippen LogP contribution in [0.3, 0.4) is 0 Å². The van der Waals surface area contributed by atoms with Gasteiger partial charge < -0.3 is 9.80 Å². The van der Waals surface area contributed by atoms with Crippen molar-refractivity contribution in [3.05, 3.63) is 47.8 Å². The lowest BCUT2D eigenvalue weighted by Gasteiger charge is -2.17. The summed E-state index contributed by atoms with van der Waals surface area (Å²) in [6.45, 7) is 2.55. The molecule has 1 aromatic carbocycles. The summed E-state index contributed by atoms with van der Waals surface area (Å²) >= 11 is 0. The van der Waals surface area contributed by atoms with Crippen LogP contribution in [0.2, 0.25) is 0 Å². The fraction of sp³-hybridized carbons (Fsp3) is 0.412. The zero-order chi connectivity index (χ0) is 15.5. The maximum atomic E-state index is 12.7. The molecule has 1 amide bonds. The molecule has 0 spiro atoms. The summed E-state index contributed by atoms with van der Waals surface area (Å²) in [5.74, 6) is 0.109. The summed E-state index contributed by atoms with van der Waals surface area (Å²) < 4.78 is 1.81. The number of amides is 1. The van der Waals surface area contributed by atoms with Gasteiger partial charge in [-0.05, 0) is 39.1 Å². The monoisotopic (exact) mass is 298 g/mol. The minimum atomic E-state index is 0.109. The van der Waals surface area contributed by atoms with Crippen molar-refractivity contribution in [2.24, 2.45) is 0 Å². The second-order valence-electron chi connectivity index (χ2n) is 6.05. The lowest BCUT2D eigenvalue weighted by atomic mass is 10.1. The predicted octanol–water partition coefficient (Wildman–Crippen LogP) is 2.17. The normalized spacial score (nSPS) is 14.8. The Labute approximate surface area is 131 Å². The molecular weight excluding hydrogens is 276 g/mol. The van der Waals surface area contributed by atoms with Crippen molar-refractivity contribution in [2.75, 3.05) is 27.2 Å². The summed E-state index contributed by atoms with van der Waals surface area (Å²) in [6, 6.07) is 7.71. The summed E-state index contributed by atoms with van der Waals surface area (Å²) in [4.78, 5) is 16.7. The van der Waals surface area contributed by atoms with Gasteiger partial charge in [-0.15, -0.1) is 0 Å². The number of benzene rings is 1. The van der Waals surface area contributed by atoms with Crippen LogP contribution in [0.5, 0.6) is 0 Å². The molecule has 2 heterocycles. The average Bonchev–Trinajstić information content (AvgIpc) is 3.17. The largest absolute Gasteiger partial charge is 0.339 e. The van der Waals surface area contributed by atoms with Crippen molar-refractivity contribution in [3.63, 3.8) is 0 Å². The molecule has 22 heavy (non-hydrogen) atoms. The molecule has 1 aromatic heterocycles. The summed E-state index contributed by atoms with van der Waals surface area (Å²) in [6.07, 6.45) is 6.05. The smallest absolute Gasteiger partial charge is 0.256 e. The first-order chi connectivity index (χ1) is 10.6. The van der Waals surface area contributed by atoms with Gasteiger partial charge in [0.25, 0.3) is 5.91 Å². The Morgan fingerprint density at radius 3 is 2.68 bits per heavy atom. The molecule has 0 N–H and O–H groups in total. The lowest BCUT2D eigenvalue weighted by molar-refractivity contribution is 0.0792. The Kier molecular flexibility index (Phi) is 4.24. The zero-order valence-electron chi connectivity index (χ0n) is 13.2. The summed E-state index contributed by atoms with van der Waals surface area (Å²) in [5, 5.41) is 4.43. The average molecular weight is 298 g/mol. The Bertz CT molecular complexity index is 656. The first kappa shape index (κ1) is 14.8. The third-order valence-electron chi connectivity index (χ3n) is 3.91. The van der Waals surface area contributed by atoms with Gasteiger partial charge in [0, 0.05) is 31.4 Å². The fourth-order valence-electron chi connectivity index (χ4n) is 2.88. The van der Waals surface area contributed by atoms with E-state index in [0.717, 1.165) is 49.3 Å². The van der Waals surface area contributed by atoms with E-state index in [4.69, 9.17) is 0 Å². The number of hydrogen-bond donors (Lipinski definition) is 0. The molecular formula is C17H22N4O. The molecule has 3 rings (SSSR count). The minimum Gasteiger partial charge on any atom is -0.339 e. The van der Waals surface area contributed by atoms with E-state index in [-0.39, 0.29) is 5.91 Å². The van der Waals surface area contributed by atoms with Crippen LogP contribution in [0.25, 0.3) is 5.69 Å². The number of carbonyl (C=O) groups excluding carboxylic acids is 1. The van der Waals surface area contributed by atoms with Crippen LogP contribution in [0.15, 0.2) is 36.7 Å². The predicted molar refractivity (Wildman–Crippen MR) is 86.1 cm³/mol. The van der Waals surface area contributed by atoms with Gasteiger partial charge in [-0.1, -0.05) is 12.1 Å². The van der Waals surface area contributed by atoms with E-state index in [1.54, 1.807) is 0 Å². The SMILES string of the molecule is CN(C)Cc1cnn(-c2ccccc2C(=O)N2CCCC2)c1. The van der Waals surface area contributed by atoms with Crippen molar-refractivity contribution in [3.8, 4) is 5.69 Å². The maximum absolute atomic E-state index is 12.7. The molecule has 1 fully saturated rings. The standard InChI is InChI=1S/C17H22N4O/c1-19(2)12-14-11-18-21(13-14)16-8-4-3-7-15(16)17(22)20-9-5-6-10-20/h3-4,7-8,11,13H,5-6,9-10,12H2,1-2H3. The van der Waals surface area contributed by atoms with Crippen molar-refractivity contribution >= 4 is 5.91 Å². The Balaban J connectivity index is 1.90. The zero-order valence-corrected chi connectivity index (χ0v) is 13.2. The molecule has 5 nitrogen and oxygen atoms in total. The lowest BCUT2D eigenvalue weighted by Crippen LogP contribution is -2.28. The van der Waals surface area contributed by atoms with Crippen LogP contribution in [0.1, 0.15) is 28.8 Å².